The third-order valence-electron chi connectivity index (χ3n) is 2.83. The van der Waals surface area contributed by atoms with Gasteiger partial charge in [-0.2, -0.15) is 0 Å². The molecule has 2 amide bonds. The van der Waals surface area contributed by atoms with E-state index >= 15 is 0 Å². The van der Waals surface area contributed by atoms with Gasteiger partial charge in [-0.15, -0.1) is 0 Å². The fourth-order valence-electron chi connectivity index (χ4n) is 1.36. The summed E-state index contributed by atoms with van der Waals surface area (Å²) in [6.45, 7) is 3.83. The number of nitrogens with two attached hydrogens (primary N) is 1. The molecule has 1 aromatic rings. The number of hydrogen-bond acceptors (Lipinski definition) is 4. The molecule has 1 rings (SSSR count). The molecule has 0 bridgehead atoms. The standard InChI is InChI=1S/C14H21N3O3/c1-14(2,9-15)13(19)17-11-6-4-10(5-7-11)16-12(18)8-20-3/h4-7H,8-9,15H2,1-3H3,(H,16,18)(H,17,19). The summed E-state index contributed by atoms with van der Waals surface area (Å²) in [6.07, 6.45) is 0. The predicted molar refractivity (Wildman–Crippen MR) is 78.4 cm³/mol. The average Bonchev–Trinajstić information content (AvgIpc) is 2.41. The number of benzene rings is 1. The van der Waals surface area contributed by atoms with Crippen LogP contribution >= 0.6 is 0 Å². The highest BCUT2D eigenvalue weighted by Crippen LogP contribution is 2.18. The van der Waals surface area contributed by atoms with Crippen molar-refractivity contribution < 1.29 is 14.3 Å². The van der Waals surface area contributed by atoms with Gasteiger partial charge in [0.2, 0.25) is 11.8 Å². The number of anilines is 2. The van der Waals surface area contributed by atoms with Crippen molar-refractivity contribution in [2.45, 2.75) is 13.8 Å². The van der Waals surface area contributed by atoms with Gasteiger partial charge in [-0.3, -0.25) is 9.59 Å². The second-order valence-electron chi connectivity index (χ2n) is 5.10. The maximum absolute atomic E-state index is 11.9. The van der Waals surface area contributed by atoms with Gasteiger partial charge < -0.3 is 21.1 Å². The molecule has 4 N–H and O–H groups in total. The van der Waals surface area contributed by atoms with Crippen LogP contribution in [-0.4, -0.2) is 32.1 Å². The summed E-state index contributed by atoms with van der Waals surface area (Å²) in [6, 6.07) is 6.84. The Labute approximate surface area is 118 Å². The molecule has 0 aliphatic carbocycles. The Morgan fingerprint density at radius 2 is 1.65 bits per heavy atom. The van der Waals surface area contributed by atoms with Gasteiger partial charge in [-0.05, 0) is 38.1 Å². The van der Waals surface area contributed by atoms with Gasteiger partial charge in [0.15, 0.2) is 0 Å². The lowest BCUT2D eigenvalue weighted by atomic mass is 9.92. The normalized spacial score (nSPS) is 11.0. The highest BCUT2D eigenvalue weighted by Gasteiger charge is 2.25. The first-order chi connectivity index (χ1) is 9.39. The zero-order chi connectivity index (χ0) is 15.2. The van der Waals surface area contributed by atoms with E-state index in [0.717, 1.165) is 0 Å². The van der Waals surface area contributed by atoms with Gasteiger partial charge in [0, 0.05) is 25.0 Å². The predicted octanol–water partition coefficient (Wildman–Crippen LogP) is 1.19. The molecule has 0 aliphatic rings. The molecule has 0 fully saturated rings. The van der Waals surface area contributed by atoms with Crippen molar-refractivity contribution in [3.63, 3.8) is 0 Å². The molecule has 0 saturated heterocycles. The number of ether oxygens (including phenoxy) is 1. The third kappa shape index (κ3) is 4.64. The summed E-state index contributed by atoms with van der Waals surface area (Å²) in [5.74, 6) is -0.371. The molecule has 0 aliphatic heterocycles. The van der Waals surface area contributed by atoms with E-state index in [9.17, 15) is 9.59 Å². The lowest BCUT2D eigenvalue weighted by molar-refractivity contribution is -0.123. The Kier molecular flexibility index (Phi) is 5.66. The van der Waals surface area contributed by atoms with Gasteiger partial charge in [0.1, 0.15) is 6.61 Å². The van der Waals surface area contributed by atoms with Gasteiger partial charge >= 0.3 is 0 Å². The zero-order valence-corrected chi connectivity index (χ0v) is 12.0. The van der Waals surface area contributed by atoms with Gasteiger partial charge in [0.25, 0.3) is 0 Å². The van der Waals surface area contributed by atoms with Crippen LogP contribution in [0, 0.1) is 5.41 Å². The molecule has 0 radical (unpaired) electrons. The second-order valence-corrected chi connectivity index (χ2v) is 5.10. The molecular formula is C14H21N3O3. The lowest BCUT2D eigenvalue weighted by Gasteiger charge is -2.21. The maximum Gasteiger partial charge on any atom is 0.250 e. The minimum Gasteiger partial charge on any atom is -0.375 e. The van der Waals surface area contributed by atoms with Crippen molar-refractivity contribution in [1.29, 1.82) is 0 Å². The van der Waals surface area contributed by atoms with E-state index in [4.69, 9.17) is 10.5 Å². The van der Waals surface area contributed by atoms with Crippen LogP contribution in [0.2, 0.25) is 0 Å². The van der Waals surface area contributed by atoms with Crippen molar-refractivity contribution in [3.05, 3.63) is 24.3 Å². The van der Waals surface area contributed by atoms with Crippen molar-refractivity contribution >= 4 is 23.2 Å². The summed E-state index contributed by atoms with van der Waals surface area (Å²) in [4.78, 5) is 23.3. The number of carbonyl (C=O) groups is 2. The first kappa shape index (κ1) is 16.1. The minimum absolute atomic E-state index is 0.00315. The molecule has 0 atom stereocenters. The molecule has 0 aromatic heterocycles. The van der Waals surface area contributed by atoms with Crippen LogP contribution in [0.1, 0.15) is 13.8 Å². The summed E-state index contributed by atoms with van der Waals surface area (Å²) >= 11 is 0. The summed E-state index contributed by atoms with van der Waals surface area (Å²) < 4.78 is 4.72. The fraction of sp³-hybridized carbons (Fsp3) is 0.429. The molecule has 1 aromatic carbocycles. The van der Waals surface area contributed by atoms with E-state index in [1.165, 1.54) is 7.11 Å². The molecule has 20 heavy (non-hydrogen) atoms. The summed E-state index contributed by atoms with van der Waals surface area (Å²) in [5.41, 5.74) is 6.22. The van der Waals surface area contributed by atoms with Crippen LogP contribution in [0.3, 0.4) is 0 Å². The zero-order valence-electron chi connectivity index (χ0n) is 12.0. The Hall–Kier alpha value is -1.92. The SMILES string of the molecule is COCC(=O)Nc1ccc(NC(=O)C(C)(C)CN)cc1. The smallest absolute Gasteiger partial charge is 0.250 e. The summed E-state index contributed by atoms with van der Waals surface area (Å²) in [5, 5.41) is 5.45. The Bertz CT molecular complexity index is 469. The Morgan fingerprint density at radius 1 is 1.15 bits per heavy atom. The largest absolute Gasteiger partial charge is 0.375 e. The number of amides is 2. The van der Waals surface area contributed by atoms with E-state index in [1.54, 1.807) is 38.1 Å². The highest BCUT2D eigenvalue weighted by atomic mass is 16.5. The van der Waals surface area contributed by atoms with Crippen LogP contribution in [0.5, 0.6) is 0 Å². The van der Waals surface area contributed by atoms with Crippen molar-refractivity contribution in [3.8, 4) is 0 Å². The molecule has 110 valence electrons. The van der Waals surface area contributed by atoms with Crippen LogP contribution in [0.15, 0.2) is 24.3 Å². The monoisotopic (exact) mass is 279 g/mol. The molecule has 0 heterocycles. The highest BCUT2D eigenvalue weighted by molar-refractivity contribution is 5.95. The molecule has 0 saturated carbocycles. The quantitative estimate of drug-likeness (QED) is 0.729. The number of rotatable bonds is 6. The van der Waals surface area contributed by atoms with Gasteiger partial charge in [-0.1, -0.05) is 0 Å². The van der Waals surface area contributed by atoms with E-state index < -0.39 is 5.41 Å². The topological polar surface area (TPSA) is 93.5 Å². The van der Waals surface area contributed by atoms with E-state index in [0.29, 0.717) is 11.4 Å². The molecular weight excluding hydrogens is 258 g/mol. The first-order valence-electron chi connectivity index (χ1n) is 6.29. The minimum atomic E-state index is -0.620. The third-order valence-corrected chi connectivity index (χ3v) is 2.83. The van der Waals surface area contributed by atoms with Crippen molar-refractivity contribution in [2.24, 2.45) is 11.1 Å². The number of hydrogen-bond donors (Lipinski definition) is 3. The van der Waals surface area contributed by atoms with Crippen LogP contribution < -0.4 is 16.4 Å². The van der Waals surface area contributed by atoms with E-state index in [-0.39, 0.29) is 25.0 Å². The Balaban J connectivity index is 2.63. The molecule has 0 spiro atoms. The average molecular weight is 279 g/mol. The first-order valence-corrected chi connectivity index (χ1v) is 6.29. The maximum atomic E-state index is 11.9. The van der Waals surface area contributed by atoms with Gasteiger partial charge in [-0.25, -0.2) is 0 Å². The van der Waals surface area contributed by atoms with Gasteiger partial charge in [0.05, 0.1) is 5.41 Å². The fourth-order valence-corrected chi connectivity index (χ4v) is 1.36. The number of nitrogens with one attached hydrogen (secondary N) is 2. The second kappa shape index (κ2) is 7.02. The van der Waals surface area contributed by atoms with Crippen LogP contribution in [0.25, 0.3) is 0 Å². The molecule has 0 unspecified atom stereocenters. The lowest BCUT2D eigenvalue weighted by Crippen LogP contribution is -2.37. The number of methoxy groups -OCH3 is 1. The molecule has 6 nitrogen and oxygen atoms in total. The van der Waals surface area contributed by atoms with E-state index in [2.05, 4.69) is 10.6 Å². The number of carbonyl (C=O) groups excluding carboxylic acids is 2. The van der Waals surface area contributed by atoms with Crippen molar-refractivity contribution in [2.75, 3.05) is 30.9 Å². The van der Waals surface area contributed by atoms with Crippen LogP contribution in [0.4, 0.5) is 11.4 Å². The van der Waals surface area contributed by atoms with Crippen LogP contribution in [-0.2, 0) is 14.3 Å². The van der Waals surface area contributed by atoms with Crippen molar-refractivity contribution in [1.82, 2.24) is 0 Å². The van der Waals surface area contributed by atoms with E-state index in [1.807, 2.05) is 0 Å². The molecule has 6 heteroatoms. The Morgan fingerprint density at radius 3 is 2.10 bits per heavy atom. The summed E-state index contributed by atoms with van der Waals surface area (Å²) in [7, 11) is 1.46.